The summed E-state index contributed by atoms with van der Waals surface area (Å²) in [5.41, 5.74) is 6.92. The number of nitrogens with one attached hydrogen (secondary N) is 1. The van der Waals surface area contributed by atoms with E-state index in [1.165, 1.54) is 6.33 Å². The Balaban J connectivity index is 1.72. The van der Waals surface area contributed by atoms with Gasteiger partial charge in [-0.25, -0.2) is 20.0 Å². The van der Waals surface area contributed by atoms with E-state index in [0.717, 1.165) is 0 Å². The van der Waals surface area contributed by atoms with Crippen molar-refractivity contribution in [2.45, 2.75) is 45.9 Å². The summed E-state index contributed by atoms with van der Waals surface area (Å²) in [5, 5.41) is 2.84. The number of para-hydroxylation sites is 1. The van der Waals surface area contributed by atoms with Crippen molar-refractivity contribution in [1.29, 1.82) is 0 Å². The van der Waals surface area contributed by atoms with Gasteiger partial charge < -0.3 is 24.3 Å². The number of carbonyl (C=O) groups excluding carboxylic acids is 1. The van der Waals surface area contributed by atoms with Gasteiger partial charge in [-0.15, -0.1) is 0 Å². The molecule has 0 saturated carbocycles. The van der Waals surface area contributed by atoms with Crippen molar-refractivity contribution in [3.05, 3.63) is 43.0 Å². The van der Waals surface area contributed by atoms with Crippen molar-refractivity contribution in [1.82, 2.24) is 24.6 Å². The van der Waals surface area contributed by atoms with Gasteiger partial charge in [0.15, 0.2) is 11.5 Å². The summed E-state index contributed by atoms with van der Waals surface area (Å²) in [6.45, 7) is 5.94. The lowest BCUT2D eigenvalue weighted by atomic mass is 10.2. The highest BCUT2D eigenvalue weighted by molar-refractivity contribution is 7.57. The molecule has 0 amide bonds. The van der Waals surface area contributed by atoms with Crippen LogP contribution in [-0.4, -0.2) is 50.6 Å². The van der Waals surface area contributed by atoms with Crippen LogP contribution in [0.15, 0.2) is 43.0 Å². The minimum Gasteiger partial charge on any atom is -0.465 e. The Kier molecular flexibility index (Phi) is 8.37. The van der Waals surface area contributed by atoms with Crippen molar-refractivity contribution < 1.29 is 23.4 Å². The molecule has 0 aliphatic rings. The smallest absolute Gasteiger partial charge is 0.342 e. The fourth-order valence-electron chi connectivity index (χ4n) is 3.12. The van der Waals surface area contributed by atoms with E-state index in [9.17, 15) is 9.36 Å². The zero-order valence-electron chi connectivity index (χ0n) is 18.9. The highest BCUT2D eigenvalue weighted by atomic mass is 31.2. The van der Waals surface area contributed by atoms with E-state index in [1.54, 1.807) is 49.0 Å². The lowest BCUT2D eigenvalue weighted by Gasteiger charge is -2.26. The first kappa shape index (κ1) is 24.6. The van der Waals surface area contributed by atoms with Gasteiger partial charge in [-0.1, -0.05) is 25.1 Å². The quantitative estimate of drug-likeness (QED) is 0.296. The number of ether oxygens (including phenoxy) is 2. The van der Waals surface area contributed by atoms with Crippen LogP contribution in [0, 0.1) is 0 Å². The number of hydrogen-bond acceptors (Lipinski definition) is 9. The van der Waals surface area contributed by atoms with Crippen molar-refractivity contribution >= 4 is 30.5 Å². The number of imidazole rings is 1. The summed E-state index contributed by atoms with van der Waals surface area (Å²) >= 11 is 0. The number of rotatable bonds is 12. The fraction of sp³-hybridized carbons (Fsp3) is 0.429. The van der Waals surface area contributed by atoms with E-state index in [4.69, 9.17) is 19.7 Å². The summed E-state index contributed by atoms with van der Waals surface area (Å²) in [4.78, 5) is 24.7. The van der Waals surface area contributed by atoms with E-state index >= 15 is 0 Å². The van der Waals surface area contributed by atoms with E-state index in [-0.39, 0.29) is 19.1 Å². The third-order valence-corrected chi connectivity index (χ3v) is 6.44. The maximum absolute atomic E-state index is 13.7. The molecule has 12 heteroatoms. The van der Waals surface area contributed by atoms with Gasteiger partial charge in [-0.3, -0.25) is 9.36 Å². The first-order chi connectivity index (χ1) is 15.8. The Labute approximate surface area is 192 Å². The van der Waals surface area contributed by atoms with E-state index in [1.807, 2.05) is 13.0 Å². The normalized spacial score (nSPS) is 15.0. The van der Waals surface area contributed by atoms with Gasteiger partial charge in [0.25, 0.3) is 0 Å². The number of fused-ring (bicyclic) bond motifs is 1. The van der Waals surface area contributed by atoms with E-state index < -0.39 is 19.5 Å². The minimum absolute atomic E-state index is 0.224. The van der Waals surface area contributed by atoms with E-state index in [0.29, 0.717) is 35.7 Å². The summed E-state index contributed by atoms with van der Waals surface area (Å²) in [7, 11) is -3.63. The van der Waals surface area contributed by atoms with Crippen LogP contribution in [0.3, 0.4) is 0 Å². The molecule has 178 valence electrons. The summed E-state index contributed by atoms with van der Waals surface area (Å²) in [6, 6.07) is 7.93. The van der Waals surface area contributed by atoms with Crippen LogP contribution < -0.4 is 15.3 Å². The molecule has 0 bridgehead atoms. The molecule has 0 unspecified atom stereocenters. The number of benzene rings is 1. The molecule has 33 heavy (non-hydrogen) atoms. The van der Waals surface area contributed by atoms with Crippen molar-refractivity contribution in [2.24, 2.45) is 0 Å². The maximum Gasteiger partial charge on any atom is 0.342 e. The lowest BCUT2D eigenvalue weighted by molar-refractivity contribution is -0.145. The van der Waals surface area contributed by atoms with Gasteiger partial charge >= 0.3 is 13.5 Å². The fourth-order valence-corrected chi connectivity index (χ4v) is 4.98. The standard InChI is InChI=1S/C21H29N6O5P/c1-4-17(21(28)30-5-2)26-33(29,32-16-9-7-6-8-10-16)14-31-15(3)11-27-13-25-18-19(22)23-12-24-20(18)27/h6-10,12-13,15,17H,4-5,11,14H2,1-3H3,(H,26,29)(H2,22,23,24)/t15-,17+,33-/m1/s1. The molecule has 0 saturated heterocycles. The Morgan fingerprint density at radius 3 is 2.67 bits per heavy atom. The first-order valence-electron chi connectivity index (χ1n) is 10.7. The molecule has 0 radical (unpaired) electrons. The Morgan fingerprint density at radius 2 is 1.97 bits per heavy atom. The van der Waals surface area contributed by atoms with Crippen molar-refractivity contribution in [2.75, 3.05) is 18.7 Å². The summed E-state index contributed by atoms with van der Waals surface area (Å²) in [5.74, 6) is 0.199. The van der Waals surface area contributed by atoms with Crippen LogP contribution in [0.4, 0.5) is 5.82 Å². The van der Waals surface area contributed by atoms with Crippen LogP contribution in [0.25, 0.3) is 11.2 Å². The third-order valence-electron chi connectivity index (χ3n) is 4.74. The van der Waals surface area contributed by atoms with Crippen LogP contribution in [-0.2, 0) is 25.4 Å². The number of nitrogens with two attached hydrogens (primary N) is 1. The predicted octanol–water partition coefficient (Wildman–Crippen LogP) is 2.97. The molecule has 0 aliphatic heterocycles. The molecule has 3 rings (SSSR count). The number of nitrogens with zero attached hydrogens (tertiary/aromatic N) is 4. The number of nitrogen functional groups attached to an aromatic ring is 1. The van der Waals surface area contributed by atoms with Gasteiger partial charge in [0, 0.05) is 0 Å². The Morgan fingerprint density at radius 1 is 1.21 bits per heavy atom. The topological polar surface area (TPSA) is 143 Å². The molecule has 1 aromatic carbocycles. The summed E-state index contributed by atoms with van der Waals surface area (Å²) in [6.07, 6.45) is 2.70. The molecule has 11 nitrogen and oxygen atoms in total. The van der Waals surface area contributed by atoms with E-state index in [2.05, 4.69) is 20.0 Å². The van der Waals surface area contributed by atoms with Gasteiger partial charge in [0.05, 0.1) is 25.6 Å². The first-order valence-corrected chi connectivity index (χ1v) is 12.5. The van der Waals surface area contributed by atoms with Gasteiger partial charge in [0.2, 0.25) is 0 Å². The number of carbonyl (C=O) groups is 1. The zero-order chi connectivity index (χ0) is 23.8. The Hall–Kier alpha value is -3.01. The number of esters is 1. The average molecular weight is 476 g/mol. The number of hydrogen-bond donors (Lipinski definition) is 2. The SMILES string of the molecule is CCOC(=O)[C@H](CC)N[P@@](=O)(CO[C@H](C)Cn1cnc2c(N)ncnc21)Oc1ccccc1. The predicted molar refractivity (Wildman–Crippen MR) is 124 cm³/mol. The Bertz CT molecular complexity index is 1110. The molecule has 2 aromatic heterocycles. The minimum atomic E-state index is -3.63. The molecule has 3 atom stereocenters. The molecule has 2 heterocycles. The second-order valence-corrected chi connectivity index (χ2v) is 9.40. The number of anilines is 1. The highest BCUT2D eigenvalue weighted by Gasteiger charge is 2.33. The molecular formula is C21H29N6O5P. The molecular weight excluding hydrogens is 447 g/mol. The van der Waals surface area contributed by atoms with Crippen molar-refractivity contribution in [3.63, 3.8) is 0 Å². The molecule has 0 fully saturated rings. The van der Waals surface area contributed by atoms with Gasteiger partial charge in [-0.2, -0.15) is 0 Å². The van der Waals surface area contributed by atoms with Gasteiger partial charge in [-0.05, 0) is 32.4 Å². The number of aromatic nitrogens is 4. The maximum atomic E-state index is 13.7. The lowest BCUT2D eigenvalue weighted by Crippen LogP contribution is -2.38. The summed E-state index contributed by atoms with van der Waals surface area (Å²) < 4.78 is 32.2. The van der Waals surface area contributed by atoms with Crippen LogP contribution >= 0.6 is 7.52 Å². The monoisotopic (exact) mass is 476 g/mol. The van der Waals surface area contributed by atoms with Crippen LogP contribution in [0.5, 0.6) is 5.75 Å². The van der Waals surface area contributed by atoms with Crippen LogP contribution in [0.1, 0.15) is 27.2 Å². The van der Waals surface area contributed by atoms with Crippen LogP contribution in [0.2, 0.25) is 0 Å². The van der Waals surface area contributed by atoms with Gasteiger partial charge in [0.1, 0.15) is 30.0 Å². The van der Waals surface area contributed by atoms with Crippen molar-refractivity contribution in [3.8, 4) is 5.75 Å². The molecule has 0 aliphatic carbocycles. The third kappa shape index (κ3) is 6.50. The average Bonchev–Trinajstić information content (AvgIpc) is 3.21. The molecule has 3 N–H and O–H groups in total. The highest BCUT2D eigenvalue weighted by Crippen LogP contribution is 2.44. The largest absolute Gasteiger partial charge is 0.465 e. The second-order valence-electron chi connectivity index (χ2n) is 7.35. The molecule has 3 aromatic rings. The molecule has 0 spiro atoms. The zero-order valence-corrected chi connectivity index (χ0v) is 19.8. The second kappa shape index (κ2) is 11.2.